The minimum Gasteiger partial charge on any atom is -0.481 e. The predicted octanol–water partition coefficient (Wildman–Crippen LogP) is 2.88. The van der Waals surface area contributed by atoms with Crippen molar-refractivity contribution in [3.05, 3.63) is 34.9 Å². The molecule has 0 aliphatic carbocycles. The molecule has 0 radical (unpaired) electrons. The molecule has 0 aromatic heterocycles. The van der Waals surface area contributed by atoms with Crippen molar-refractivity contribution in [1.29, 1.82) is 0 Å². The fourth-order valence-corrected chi connectivity index (χ4v) is 1.64. The van der Waals surface area contributed by atoms with E-state index in [0.717, 1.165) is 18.1 Å². The van der Waals surface area contributed by atoms with Crippen molar-refractivity contribution in [1.82, 2.24) is 4.90 Å². The van der Waals surface area contributed by atoms with E-state index < -0.39 is 5.97 Å². The summed E-state index contributed by atoms with van der Waals surface area (Å²) < 4.78 is 0. The summed E-state index contributed by atoms with van der Waals surface area (Å²) in [5.74, 6) is -1.02. The Morgan fingerprint density at radius 3 is 2.53 bits per heavy atom. The predicted molar refractivity (Wildman–Crippen MR) is 69.2 cm³/mol. The molecule has 0 amide bonds. The Kier molecular flexibility index (Phi) is 5.45. The second kappa shape index (κ2) is 6.62. The van der Waals surface area contributed by atoms with Crippen molar-refractivity contribution in [2.75, 3.05) is 13.6 Å². The van der Waals surface area contributed by atoms with E-state index in [0.29, 0.717) is 6.42 Å². The van der Waals surface area contributed by atoms with Gasteiger partial charge in [0.15, 0.2) is 0 Å². The van der Waals surface area contributed by atoms with E-state index in [1.807, 2.05) is 31.3 Å². The Labute approximate surface area is 107 Å². The number of rotatable bonds is 6. The largest absolute Gasteiger partial charge is 0.481 e. The van der Waals surface area contributed by atoms with E-state index in [4.69, 9.17) is 16.7 Å². The number of hydrogen-bond donors (Lipinski definition) is 1. The van der Waals surface area contributed by atoms with Crippen LogP contribution in [0.3, 0.4) is 0 Å². The highest BCUT2D eigenvalue weighted by Crippen LogP contribution is 2.11. The molecule has 4 heteroatoms. The fourth-order valence-electron chi connectivity index (χ4n) is 1.52. The summed E-state index contributed by atoms with van der Waals surface area (Å²) in [4.78, 5) is 12.8. The molecule has 0 saturated heterocycles. The SMILES string of the molecule is CC(CCN(C)Cc1ccc(Cl)cc1)C(=O)O. The number of hydrogen-bond acceptors (Lipinski definition) is 2. The molecule has 94 valence electrons. The van der Waals surface area contributed by atoms with Crippen molar-refractivity contribution >= 4 is 17.6 Å². The first-order valence-corrected chi connectivity index (χ1v) is 6.02. The maximum atomic E-state index is 10.7. The number of aliphatic carboxylic acids is 1. The lowest BCUT2D eigenvalue weighted by atomic mass is 10.1. The van der Waals surface area contributed by atoms with Crippen LogP contribution in [0.1, 0.15) is 18.9 Å². The number of benzene rings is 1. The molecule has 0 saturated carbocycles. The van der Waals surface area contributed by atoms with Gasteiger partial charge in [-0.15, -0.1) is 0 Å². The molecule has 3 nitrogen and oxygen atoms in total. The zero-order chi connectivity index (χ0) is 12.8. The highest BCUT2D eigenvalue weighted by Gasteiger charge is 2.11. The standard InChI is InChI=1S/C13H18ClNO2/c1-10(13(16)17)7-8-15(2)9-11-3-5-12(14)6-4-11/h3-6,10H,7-9H2,1-2H3,(H,16,17). The summed E-state index contributed by atoms with van der Waals surface area (Å²) in [6, 6.07) is 7.70. The third-order valence-corrected chi connectivity index (χ3v) is 2.98. The van der Waals surface area contributed by atoms with Crippen LogP contribution in [0.4, 0.5) is 0 Å². The van der Waals surface area contributed by atoms with Crippen LogP contribution in [0.15, 0.2) is 24.3 Å². The zero-order valence-electron chi connectivity index (χ0n) is 10.2. The lowest BCUT2D eigenvalue weighted by molar-refractivity contribution is -0.141. The van der Waals surface area contributed by atoms with E-state index in [1.54, 1.807) is 6.92 Å². The first-order valence-electron chi connectivity index (χ1n) is 5.65. The first-order chi connectivity index (χ1) is 7.99. The molecule has 0 fully saturated rings. The zero-order valence-corrected chi connectivity index (χ0v) is 10.9. The molecule has 0 bridgehead atoms. The molecule has 0 heterocycles. The van der Waals surface area contributed by atoms with Crippen molar-refractivity contribution in [2.45, 2.75) is 19.9 Å². The molecule has 0 spiro atoms. The Bertz CT molecular complexity index is 364. The van der Waals surface area contributed by atoms with Gasteiger partial charge in [-0.05, 0) is 37.7 Å². The van der Waals surface area contributed by atoms with Crippen LogP contribution in [-0.2, 0) is 11.3 Å². The Hall–Kier alpha value is -1.06. The van der Waals surface area contributed by atoms with Gasteiger partial charge in [0.25, 0.3) is 0 Å². The highest BCUT2D eigenvalue weighted by atomic mass is 35.5. The molecule has 1 unspecified atom stereocenters. The second-order valence-corrected chi connectivity index (χ2v) is 4.83. The van der Waals surface area contributed by atoms with Gasteiger partial charge in [-0.3, -0.25) is 4.79 Å². The Morgan fingerprint density at radius 2 is 2.00 bits per heavy atom. The van der Waals surface area contributed by atoms with Gasteiger partial charge in [0.05, 0.1) is 5.92 Å². The van der Waals surface area contributed by atoms with Crippen molar-refractivity contribution in [3.8, 4) is 0 Å². The minimum absolute atomic E-state index is 0.289. The number of halogens is 1. The summed E-state index contributed by atoms with van der Waals surface area (Å²) in [6.07, 6.45) is 0.666. The maximum Gasteiger partial charge on any atom is 0.306 e. The molecule has 1 rings (SSSR count). The quantitative estimate of drug-likeness (QED) is 0.850. The monoisotopic (exact) mass is 255 g/mol. The van der Waals surface area contributed by atoms with Crippen molar-refractivity contribution < 1.29 is 9.90 Å². The number of carbonyl (C=O) groups is 1. The van der Waals surface area contributed by atoms with Gasteiger partial charge in [0.1, 0.15) is 0 Å². The minimum atomic E-state index is -0.732. The van der Waals surface area contributed by atoms with Crippen LogP contribution in [-0.4, -0.2) is 29.6 Å². The van der Waals surface area contributed by atoms with Crippen LogP contribution >= 0.6 is 11.6 Å². The van der Waals surface area contributed by atoms with E-state index in [-0.39, 0.29) is 5.92 Å². The van der Waals surface area contributed by atoms with Crippen LogP contribution in [0.25, 0.3) is 0 Å². The fraction of sp³-hybridized carbons (Fsp3) is 0.462. The van der Waals surface area contributed by atoms with Crippen LogP contribution < -0.4 is 0 Å². The number of carboxylic acid groups (broad SMARTS) is 1. The van der Waals surface area contributed by atoms with Gasteiger partial charge in [0, 0.05) is 11.6 Å². The second-order valence-electron chi connectivity index (χ2n) is 4.39. The average molecular weight is 256 g/mol. The summed E-state index contributed by atoms with van der Waals surface area (Å²) >= 11 is 5.81. The molecular formula is C13H18ClNO2. The normalized spacial score (nSPS) is 12.7. The van der Waals surface area contributed by atoms with Gasteiger partial charge in [0.2, 0.25) is 0 Å². The number of carboxylic acids is 1. The summed E-state index contributed by atoms with van der Waals surface area (Å²) in [5, 5.41) is 9.51. The molecule has 1 N–H and O–H groups in total. The molecule has 0 aliphatic heterocycles. The molecular weight excluding hydrogens is 238 g/mol. The van der Waals surface area contributed by atoms with Gasteiger partial charge in [-0.1, -0.05) is 30.7 Å². The maximum absolute atomic E-state index is 10.7. The lowest BCUT2D eigenvalue weighted by Gasteiger charge is -2.17. The van der Waals surface area contributed by atoms with E-state index in [9.17, 15) is 4.79 Å². The molecule has 1 aromatic rings. The summed E-state index contributed by atoms with van der Waals surface area (Å²) in [7, 11) is 1.99. The summed E-state index contributed by atoms with van der Waals surface area (Å²) in [5.41, 5.74) is 1.18. The van der Waals surface area contributed by atoms with Crippen molar-refractivity contribution in [2.24, 2.45) is 5.92 Å². The lowest BCUT2D eigenvalue weighted by Crippen LogP contribution is -2.23. The van der Waals surface area contributed by atoms with E-state index >= 15 is 0 Å². The average Bonchev–Trinajstić information content (AvgIpc) is 2.29. The van der Waals surface area contributed by atoms with Crippen molar-refractivity contribution in [3.63, 3.8) is 0 Å². The highest BCUT2D eigenvalue weighted by molar-refractivity contribution is 6.30. The van der Waals surface area contributed by atoms with Gasteiger partial charge in [-0.25, -0.2) is 0 Å². The first kappa shape index (κ1) is 14.0. The number of nitrogens with zero attached hydrogens (tertiary/aromatic N) is 1. The van der Waals surface area contributed by atoms with Gasteiger partial charge < -0.3 is 10.0 Å². The summed E-state index contributed by atoms with van der Waals surface area (Å²) in [6.45, 7) is 3.32. The smallest absolute Gasteiger partial charge is 0.306 e. The Morgan fingerprint density at radius 1 is 1.41 bits per heavy atom. The third-order valence-electron chi connectivity index (χ3n) is 2.73. The van der Waals surface area contributed by atoms with Crippen LogP contribution in [0, 0.1) is 5.92 Å². The van der Waals surface area contributed by atoms with E-state index in [1.165, 1.54) is 5.56 Å². The topological polar surface area (TPSA) is 40.5 Å². The van der Waals surface area contributed by atoms with Crippen LogP contribution in [0.5, 0.6) is 0 Å². The Balaban J connectivity index is 2.36. The van der Waals surface area contributed by atoms with Crippen LogP contribution in [0.2, 0.25) is 5.02 Å². The molecule has 0 aliphatic rings. The molecule has 1 aromatic carbocycles. The van der Waals surface area contributed by atoms with E-state index in [2.05, 4.69) is 4.90 Å². The molecule has 1 atom stereocenters. The van der Waals surface area contributed by atoms with Gasteiger partial charge >= 0.3 is 5.97 Å². The molecule has 17 heavy (non-hydrogen) atoms. The van der Waals surface area contributed by atoms with Gasteiger partial charge in [-0.2, -0.15) is 0 Å². The third kappa shape index (κ3) is 5.20.